The second-order valence-electron chi connectivity index (χ2n) is 7.76. The zero-order chi connectivity index (χ0) is 24.3. The lowest BCUT2D eigenvalue weighted by Crippen LogP contribution is -2.54. The van der Waals surface area contributed by atoms with Crippen LogP contribution in [0.15, 0.2) is 12.5 Å². The zero-order valence-corrected chi connectivity index (χ0v) is 18.1. The molecule has 0 fully saturated rings. The maximum atomic E-state index is 12.6. The highest BCUT2D eigenvalue weighted by atomic mass is 16.4. The fourth-order valence-corrected chi connectivity index (χ4v) is 2.76. The molecule has 3 atom stereocenters. The molecule has 13 nitrogen and oxygen atoms in total. The number of nitrogens with zero attached hydrogens (tertiary/aromatic N) is 1. The fourth-order valence-electron chi connectivity index (χ4n) is 2.76. The van der Waals surface area contributed by atoms with E-state index in [-0.39, 0.29) is 31.6 Å². The Hall–Kier alpha value is -3.48. The molecule has 1 heterocycles. The largest absolute Gasteiger partial charge is 0.480 e. The van der Waals surface area contributed by atoms with Gasteiger partial charge in [0.05, 0.1) is 18.9 Å². The molecule has 1 aromatic rings. The molecular formula is C19H31N7O6. The van der Waals surface area contributed by atoms with E-state index in [0.717, 1.165) is 0 Å². The molecule has 1 rings (SSSR count). The molecule has 0 aromatic carbocycles. The number of aliphatic carboxylic acids is 1. The van der Waals surface area contributed by atoms with Crippen molar-refractivity contribution in [2.24, 2.45) is 17.4 Å². The first kappa shape index (κ1) is 26.6. The normalized spacial score (nSPS) is 13.6. The van der Waals surface area contributed by atoms with Crippen LogP contribution in [0.3, 0.4) is 0 Å². The zero-order valence-electron chi connectivity index (χ0n) is 18.1. The van der Waals surface area contributed by atoms with Crippen LogP contribution in [-0.4, -0.2) is 69.3 Å². The van der Waals surface area contributed by atoms with Crippen molar-refractivity contribution in [3.63, 3.8) is 0 Å². The molecule has 4 amide bonds. The molecule has 3 unspecified atom stereocenters. The van der Waals surface area contributed by atoms with Gasteiger partial charge in [0.1, 0.15) is 12.1 Å². The summed E-state index contributed by atoms with van der Waals surface area (Å²) in [6, 6.07) is -3.24. The fraction of sp³-hybridized carbons (Fsp3) is 0.579. The molecule has 0 aliphatic carbocycles. The van der Waals surface area contributed by atoms with Crippen LogP contribution in [0.1, 0.15) is 38.8 Å². The van der Waals surface area contributed by atoms with Crippen molar-refractivity contribution in [3.05, 3.63) is 18.2 Å². The highest BCUT2D eigenvalue weighted by molar-refractivity contribution is 5.92. The highest BCUT2D eigenvalue weighted by Crippen LogP contribution is 2.05. The van der Waals surface area contributed by atoms with Crippen molar-refractivity contribution < 1.29 is 29.1 Å². The summed E-state index contributed by atoms with van der Waals surface area (Å²) >= 11 is 0. The number of primary amides is 1. The number of aromatic nitrogens is 2. The summed E-state index contributed by atoms with van der Waals surface area (Å²) in [6.45, 7) is 3.16. The predicted molar refractivity (Wildman–Crippen MR) is 113 cm³/mol. The minimum Gasteiger partial charge on any atom is -0.480 e. The third-order valence-corrected chi connectivity index (χ3v) is 4.41. The summed E-state index contributed by atoms with van der Waals surface area (Å²) < 4.78 is 0. The van der Waals surface area contributed by atoms with Crippen molar-refractivity contribution in [2.75, 3.05) is 6.54 Å². The Morgan fingerprint density at radius 3 is 2.34 bits per heavy atom. The predicted octanol–water partition coefficient (Wildman–Crippen LogP) is -2.24. The lowest BCUT2D eigenvalue weighted by Gasteiger charge is -2.21. The van der Waals surface area contributed by atoms with Gasteiger partial charge < -0.3 is 37.5 Å². The quantitative estimate of drug-likeness (QED) is 0.163. The number of carboxylic acid groups (broad SMARTS) is 1. The van der Waals surface area contributed by atoms with Gasteiger partial charge in [-0.15, -0.1) is 0 Å². The van der Waals surface area contributed by atoms with E-state index in [0.29, 0.717) is 5.69 Å². The Labute approximate surface area is 185 Å². The number of amides is 4. The molecule has 0 saturated carbocycles. The molecule has 0 aliphatic heterocycles. The minimum absolute atomic E-state index is 0.00833. The van der Waals surface area contributed by atoms with E-state index in [1.807, 2.05) is 13.8 Å². The van der Waals surface area contributed by atoms with Crippen molar-refractivity contribution >= 4 is 29.6 Å². The van der Waals surface area contributed by atoms with E-state index in [9.17, 15) is 29.1 Å². The average molecular weight is 454 g/mol. The van der Waals surface area contributed by atoms with Crippen LogP contribution in [0.2, 0.25) is 0 Å². The second kappa shape index (κ2) is 13.0. The van der Waals surface area contributed by atoms with Gasteiger partial charge in [0, 0.05) is 24.7 Å². The maximum absolute atomic E-state index is 12.6. The van der Waals surface area contributed by atoms with Crippen molar-refractivity contribution in [2.45, 2.75) is 57.7 Å². The Morgan fingerprint density at radius 1 is 1.12 bits per heavy atom. The summed E-state index contributed by atoms with van der Waals surface area (Å²) in [5, 5.41) is 16.4. The molecule has 0 bridgehead atoms. The van der Waals surface area contributed by atoms with E-state index in [1.54, 1.807) is 0 Å². The third kappa shape index (κ3) is 10.0. The van der Waals surface area contributed by atoms with Gasteiger partial charge in [-0.3, -0.25) is 19.2 Å². The third-order valence-electron chi connectivity index (χ3n) is 4.41. The van der Waals surface area contributed by atoms with Crippen LogP contribution in [-0.2, 0) is 30.4 Å². The van der Waals surface area contributed by atoms with E-state index < -0.39 is 54.3 Å². The molecule has 0 saturated heterocycles. The van der Waals surface area contributed by atoms with Crippen LogP contribution >= 0.6 is 0 Å². The molecule has 1 aromatic heterocycles. The summed E-state index contributed by atoms with van der Waals surface area (Å²) in [4.78, 5) is 65.9. The number of carbonyl (C=O) groups excluding carboxylic acids is 4. The van der Waals surface area contributed by atoms with E-state index in [2.05, 4.69) is 25.9 Å². The van der Waals surface area contributed by atoms with Crippen LogP contribution < -0.4 is 27.4 Å². The first-order valence-electron chi connectivity index (χ1n) is 10.1. The van der Waals surface area contributed by atoms with Gasteiger partial charge in [0.25, 0.3) is 0 Å². The van der Waals surface area contributed by atoms with Gasteiger partial charge in [0.2, 0.25) is 23.6 Å². The molecule has 13 heteroatoms. The monoisotopic (exact) mass is 453 g/mol. The second-order valence-corrected chi connectivity index (χ2v) is 7.76. The topological polar surface area (TPSA) is 222 Å². The lowest BCUT2D eigenvalue weighted by molar-refractivity contribution is -0.142. The van der Waals surface area contributed by atoms with Gasteiger partial charge in [-0.25, -0.2) is 9.78 Å². The number of aromatic amines is 1. The molecule has 0 radical (unpaired) electrons. The Morgan fingerprint density at radius 2 is 1.81 bits per heavy atom. The van der Waals surface area contributed by atoms with E-state index in [4.69, 9.17) is 11.5 Å². The number of imidazole rings is 1. The Kier molecular flexibility index (Phi) is 10.8. The summed E-state index contributed by atoms with van der Waals surface area (Å²) in [7, 11) is 0. The van der Waals surface area contributed by atoms with Gasteiger partial charge >= 0.3 is 5.97 Å². The number of hydrogen-bond acceptors (Lipinski definition) is 7. The average Bonchev–Trinajstić information content (AvgIpc) is 3.21. The van der Waals surface area contributed by atoms with Crippen LogP contribution in [0.25, 0.3) is 0 Å². The molecule has 178 valence electrons. The summed E-state index contributed by atoms with van der Waals surface area (Å²) in [5.41, 5.74) is 11.3. The number of carbonyl (C=O) groups is 5. The standard InChI is InChI=1S/C19H31N7O6/c1-10(2)5-14(19(31)32)25-16(28)8-23-18(30)13(6-11-7-22-9-24-11)26-17(29)12(20)3-4-15(21)27/h7,9-10,12-14H,3-6,8,20H2,1-2H3,(H2,21,27)(H,22,24)(H,23,30)(H,25,28)(H,26,29)(H,31,32). The first-order valence-corrected chi connectivity index (χ1v) is 10.1. The van der Waals surface area contributed by atoms with Gasteiger partial charge in [-0.05, 0) is 18.8 Å². The van der Waals surface area contributed by atoms with Gasteiger partial charge in [0.15, 0.2) is 0 Å². The number of carboxylic acids is 1. The molecule has 0 spiro atoms. The van der Waals surface area contributed by atoms with Crippen LogP contribution in [0, 0.1) is 5.92 Å². The Balaban J connectivity index is 2.72. The van der Waals surface area contributed by atoms with Crippen LogP contribution in [0.5, 0.6) is 0 Å². The van der Waals surface area contributed by atoms with Crippen LogP contribution in [0.4, 0.5) is 0 Å². The SMILES string of the molecule is CC(C)CC(NC(=O)CNC(=O)C(Cc1cnc[nH]1)NC(=O)C(N)CCC(N)=O)C(=O)O. The molecule has 9 N–H and O–H groups in total. The number of nitrogens with two attached hydrogens (primary N) is 2. The molecule has 32 heavy (non-hydrogen) atoms. The molecule has 0 aliphatic rings. The number of rotatable bonds is 14. The van der Waals surface area contributed by atoms with Gasteiger partial charge in [-0.2, -0.15) is 0 Å². The smallest absolute Gasteiger partial charge is 0.326 e. The number of H-pyrrole nitrogens is 1. The lowest BCUT2D eigenvalue weighted by atomic mass is 10.0. The van der Waals surface area contributed by atoms with Crippen molar-refractivity contribution in [1.82, 2.24) is 25.9 Å². The van der Waals surface area contributed by atoms with E-state index >= 15 is 0 Å². The highest BCUT2D eigenvalue weighted by Gasteiger charge is 2.26. The number of nitrogens with one attached hydrogen (secondary N) is 4. The summed E-state index contributed by atoms with van der Waals surface area (Å²) in [5.74, 6) is -3.77. The van der Waals surface area contributed by atoms with Crippen molar-refractivity contribution in [3.8, 4) is 0 Å². The maximum Gasteiger partial charge on any atom is 0.326 e. The minimum atomic E-state index is -1.17. The van der Waals surface area contributed by atoms with E-state index in [1.165, 1.54) is 12.5 Å². The first-order chi connectivity index (χ1) is 15.0. The molecular weight excluding hydrogens is 422 g/mol. The van der Waals surface area contributed by atoms with Crippen molar-refractivity contribution in [1.29, 1.82) is 0 Å². The summed E-state index contributed by atoms with van der Waals surface area (Å²) in [6.07, 6.45) is 3.06. The van der Waals surface area contributed by atoms with Gasteiger partial charge in [-0.1, -0.05) is 13.8 Å². The Bertz CT molecular complexity index is 796. The number of hydrogen-bond donors (Lipinski definition) is 7.